The fraction of sp³-hybridized carbons (Fsp3) is 0.545. The molecule has 8 rings (SSSR count). The molecule has 0 aliphatic carbocycles. The summed E-state index contributed by atoms with van der Waals surface area (Å²) >= 11 is 0.779. The standard InChI is InChI=1S/C88H125N21O22S/c1-8-10-23-67-81(123)98-58(22-16-33-89)77(119)104-66(76(118)95-44-71(92)111)46-132-47-72(112)96-62(36-49-26-28-53(131-7)29-27-49)84(126)105(4)48(3)75(117)101-64(40-74(115)116)87(129)108-35-17-25-68(108)82(124)103-65(41-91)80(122)99-60(30-31-73(113)114)86(128)109-45-52(110)39-70(109)83(125)100-61(37-50-42-93-56-20-14-12-18-54(50)56)79(121)97-59(32-34-90)78(120)102-63(38-51-43-94-57-21-15-13-19-55(51)57)85(127)107(6)69(24-11-9-2)88(130)106(67)5/h12-15,18-21,26-29,42-43,48,52,58-70,93-94,110H,8-11,16-17,22-25,30-41,44-47,89-91H2,1-7H3,(H2,92,111)(H,95,118)(H,96,112)(H,97,121)(H,98,123)(H,99,122)(H,100,125)(H,101,117)(H,102,120)(H,103,124)(H,104,119)(H,113,114)(H,115,116)/t48-,52+,58-,59-,60-,61-,62-,63-,64-,65-,66-,67-,68-,69-,70-/m0/s1. The Morgan fingerprint density at radius 1 is 0.515 bits per heavy atom. The van der Waals surface area contributed by atoms with Crippen LogP contribution in [0.5, 0.6) is 5.75 Å². The molecule has 0 spiro atoms. The minimum atomic E-state index is -1.92. The Morgan fingerprint density at radius 2 is 1.04 bits per heavy atom. The number of thioether (sulfide) groups is 1. The Hall–Kier alpha value is -12.8. The number of aliphatic hydroxyl groups excluding tert-OH is 1. The van der Waals surface area contributed by atoms with E-state index in [9.17, 15) is 68.1 Å². The van der Waals surface area contributed by atoms with Gasteiger partial charge in [0.1, 0.15) is 90.3 Å². The van der Waals surface area contributed by atoms with Crippen LogP contribution in [-0.2, 0) is 106 Å². The van der Waals surface area contributed by atoms with Gasteiger partial charge in [-0.3, -0.25) is 86.3 Å². The van der Waals surface area contributed by atoms with Crippen molar-refractivity contribution >= 4 is 140 Å². The maximum absolute atomic E-state index is 15.8. The number of unbranched alkanes of at least 4 members (excludes halogenated alkanes) is 2. The van der Waals surface area contributed by atoms with Crippen LogP contribution in [0.15, 0.2) is 85.2 Å². The lowest BCUT2D eigenvalue weighted by molar-refractivity contribution is -0.149. The van der Waals surface area contributed by atoms with E-state index in [0.717, 1.165) is 26.5 Å². The fourth-order valence-electron chi connectivity index (χ4n) is 16.2. The third-order valence-corrected chi connectivity index (χ3v) is 24.7. The number of nitrogens with one attached hydrogen (secondary N) is 12. The maximum Gasteiger partial charge on any atom is 0.305 e. The van der Waals surface area contributed by atoms with Crippen LogP contribution in [0.4, 0.5) is 0 Å². The Balaban J connectivity index is 1.19. The number of amides is 16. The van der Waals surface area contributed by atoms with E-state index in [4.69, 9.17) is 27.7 Å². The number of methoxy groups -OCH3 is 1. The van der Waals surface area contributed by atoms with Crippen LogP contribution in [0, 0.1) is 0 Å². The molecule has 3 aliphatic heterocycles. The number of fused-ring (bicyclic) bond motifs is 4. The van der Waals surface area contributed by atoms with Crippen molar-refractivity contribution in [1.82, 2.24) is 87.6 Å². The van der Waals surface area contributed by atoms with E-state index in [-0.39, 0.29) is 83.8 Å². The number of para-hydroxylation sites is 2. The lowest BCUT2D eigenvalue weighted by atomic mass is 9.99. The molecule has 3 aliphatic rings. The van der Waals surface area contributed by atoms with Gasteiger partial charge in [-0.05, 0) is 112 Å². The van der Waals surface area contributed by atoms with Crippen LogP contribution >= 0.6 is 11.8 Å². The number of aliphatic hydroxyl groups is 1. The van der Waals surface area contributed by atoms with Crippen molar-refractivity contribution in [2.75, 3.05) is 79.0 Å². The van der Waals surface area contributed by atoms with Gasteiger partial charge in [0.2, 0.25) is 94.5 Å². The number of ether oxygens (including phenoxy) is 1. The molecule has 3 aromatic carbocycles. The van der Waals surface area contributed by atoms with Crippen molar-refractivity contribution in [2.24, 2.45) is 22.9 Å². The van der Waals surface area contributed by atoms with Crippen molar-refractivity contribution in [1.29, 1.82) is 0 Å². The van der Waals surface area contributed by atoms with Gasteiger partial charge in [0.05, 0.1) is 31.9 Å². The van der Waals surface area contributed by atoms with Gasteiger partial charge in [-0.1, -0.05) is 88.1 Å². The van der Waals surface area contributed by atoms with Crippen LogP contribution in [0.2, 0.25) is 0 Å². The van der Waals surface area contributed by atoms with Crippen LogP contribution in [0.3, 0.4) is 0 Å². The third kappa shape index (κ3) is 28.8. The minimum absolute atomic E-state index is 0.00137. The average Bonchev–Trinajstić information content (AvgIpc) is 1.51. The molecule has 3 saturated heterocycles. The van der Waals surface area contributed by atoms with E-state index >= 15 is 33.6 Å². The summed E-state index contributed by atoms with van der Waals surface area (Å²) < 4.78 is 5.32. The summed E-state index contributed by atoms with van der Waals surface area (Å²) in [7, 11) is 5.35. The zero-order valence-corrected chi connectivity index (χ0v) is 76.0. The van der Waals surface area contributed by atoms with E-state index in [1.54, 1.807) is 85.2 Å². The number of hydrogen-bond donors (Lipinski definition) is 19. The Labute approximate surface area is 767 Å². The minimum Gasteiger partial charge on any atom is -0.497 e. The smallest absolute Gasteiger partial charge is 0.305 e. The number of benzene rings is 3. The van der Waals surface area contributed by atoms with Gasteiger partial charge >= 0.3 is 11.9 Å². The van der Waals surface area contributed by atoms with Gasteiger partial charge in [0.25, 0.3) is 0 Å². The number of aromatic nitrogens is 2. The summed E-state index contributed by atoms with van der Waals surface area (Å²) in [6, 6.07) is -1.81. The second-order valence-electron chi connectivity index (χ2n) is 33.2. The molecular weight excluding hydrogens is 1740 g/mol. The molecule has 0 radical (unpaired) electrons. The van der Waals surface area contributed by atoms with Gasteiger partial charge < -0.3 is 131 Å². The second kappa shape index (κ2) is 50.6. The molecule has 44 heteroatoms. The van der Waals surface area contributed by atoms with E-state index < -0.39 is 254 Å². The Kier molecular flexibility index (Phi) is 40.0. The van der Waals surface area contributed by atoms with Gasteiger partial charge in [0, 0.05) is 113 Å². The van der Waals surface area contributed by atoms with Crippen molar-refractivity contribution in [3.63, 3.8) is 0 Å². The number of likely N-dealkylation sites (N-methyl/N-ethyl adjacent to an activating group) is 3. The number of primary amides is 1. The first-order valence-electron chi connectivity index (χ1n) is 44.2. The zero-order valence-electron chi connectivity index (χ0n) is 75.2. The molecule has 15 atom stereocenters. The van der Waals surface area contributed by atoms with Crippen LogP contribution < -0.4 is 80.8 Å². The summed E-state index contributed by atoms with van der Waals surface area (Å²) in [5.74, 6) is -19.0. The highest BCUT2D eigenvalue weighted by molar-refractivity contribution is 8.00. The van der Waals surface area contributed by atoms with E-state index in [0.29, 0.717) is 69.9 Å². The molecule has 132 heavy (non-hydrogen) atoms. The van der Waals surface area contributed by atoms with Gasteiger partial charge in [-0.25, -0.2) is 0 Å². The van der Waals surface area contributed by atoms with Crippen molar-refractivity contribution in [3.8, 4) is 5.75 Å². The quantitative estimate of drug-likeness (QED) is 0.0244. The van der Waals surface area contributed by atoms with Crippen LogP contribution in [-0.4, -0.2) is 326 Å². The molecule has 0 unspecified atom stereocenters. The monoisotopic (exact) mass is 1860 g/mol. The van der Waals surface area contributed by atoms with E-state index in [2.05, 4.69) is 63.1 Å². The van der Waals surface area contributed by atoms with Crippen LogP contribution in [0.25, 0.3) is 21.8 Å². The number of carboxylic acids is 2. The first-order chi connectivity index (χ1) is 62.9. The van der Waals surface area contributed by atoms with Gasteiger partial charge in [-0.2, -0.15) is 0 Å². The van der Waals surface area contributed by atoms with Gasteiger partial charge in [0.15, 0.2) is 0 Å². The third-order valence-electron chi connectivity index (χ3n) is 23.7. The number of aromatic amines is 2. The van der Waals surface area contributed by atoms with Crippen LogP contribution in [0.1, 0.15) is 134 Å². The van der Waals surface area contributed by atoms with Gasteiger partial charge in [-0.15, -0.1) is 11.8 Å². The van der Waals surface area contributed by atoms with Crippen molar-refractivity contribution in [2.45, 2.75) is 227 Å². The molecule has 0 saturated carbocycles. The highest BCUT2D eigenvalue weighted by Gasteiger charge is 2.47. The Morgan fingerprint density at radius 3 is 1.64 bits per heavy atom. The number of nitrogens with two attached hydrogens (primary N) is 4. The first kappa shape index (κ1) is 105. The molecule has 43 nitrogen and oxygen atoms in total. The molecule has 23 N–H and O–H groups in total. The summed E-state index contributed by atoms with van der Waals surface area (Å²) in [4.78, 5) is 272. The summed E-state index contributed by atoms with van der Waals surface area (Å²) in [6.07, 6.45) is -0.540. The van der Waals surface area contributed by atoms with E-state index in [1.807, 2.05) is 13.8 Å². The average molecular weight is 1860 g/mol. The largest absolute Gasteiger partial charge is 0.497 e. The van der Waals surface area contributed by atoms with Crippen molar-refractivity contribution in [3.05, 3.63) is 102 Å². The number of H-pyrrole nitrogens is 2. The topological polar surface area (TPSA) is 649 Å². The number of carboxylic acid groups (broad SMARTS) is 2. The highest BCUT2D eigenvalue weighted by Crippen LogP contribution is 2.28. The molecular formula is C88H125N21O22S. The number of aliphatic carboxylic acids is 2. The van der Waals surface area contributed by atoms with E-state index in [1.165, 1.54) is 45.0 Å². The summed E-state index contributed by atoms with van der Waals surface area (Å²) in [6.45, 7) is 2.49. The maximum atomic E-state index is 15.8. The Bertz CT molecular complexity index is 4940. The number of carbonyl (C=O) groups excluding carboxylic acids is 16. The molecule has 16 amide bonds. The molecule has 5 aromatic rings. The number of hydrogen-bond acceptors (Lipinski definition) is 24. The number of carbonyl (C=O) groups is 18. The van der Waals surface area contributed by atoms with Crippen molar-refractivity contribution < 1.29 is 106 Å². The molecule has 0 bridgehead atoms. The predicted octanol–water partition coefficient (Wildman–Crippen LogP) is -3.38. The fourth-order valence-corrected chi connectivity index (χ4v) is 17.0. The summed E-state index contributed by atoms with van der Waals surface area (Å²) in [5, 5.41) is 58.8. The normalized spacial score (nSPS) is 25.0. The first-order valence-corrected chi connectivity index (χ1v) is 45.3. The summed E-state index contributed by atoms with van der Waals surface area (Å²) in [5.41, 5.74) is 26.5. The SMILES string of the molecule is CCCC[C@H]1C(=O)N(C)[C@@H](CCCC)C(=O)N[C@@H](CCCN)C(=O)N[C@H](C(=O)NCC(N)=O)CSCC(=O)N[C@@H](Cc2ccc(OC)cc2)C(=O)N(C)[C@@H](C)C(=O)N[C@@H](CC(=O)O)C(=O)N2CCC[C@H]2C(=O)N[C@@H](CN)C(=O)N[C@@H](CCC(=O)O)C(=O)N2C[C@H](O)C[C@H]2C(=O)N[C@@H](Cc2c[nH]c3ccccc23)C(=O)N[C@@H](CCN)C(=O)N[C@@H](Cc2c[nH]c3ccccc23)C(=O)N1C. The zero-order chi connectivity index (χ0) is 96.7. The number of rotatable bonds is 27. The number of nitrogens with zero attached hydrogens (tertiary/aromatic N) is 5. The lowest BCUT2D eigenvalue weighted by Crippen LogP contribution is -2.61. The molecule has 3 fully saturated rings. The molecule has 720 valence electrons. The molecule has 5 heterocycles. The predicted molar refractivity (Wildman–Crippen MR) is 483 cm³/mol. The second-order valence-corrected chi connectivity index (χ2v) is 34.2. The highest BCUT2D eigenvalue weighted by atomic mass is 32.2. The lowest BCUT2D eigenvalue weighted by Gasteiger charge is -2.36. The molecule has 2 aromatic heterocycles.